The van der Waals surface area contributed by atoms with Crippen molar-refractivity contribution in [3.8, 4) is 0 Å². The Balaban J connectivity index is 1.69. The van der Waals surface area contributed by atoms with E-state index in [0.29, 0.717) is 0 Å². The number of ether oxygens (including phenoxy) is 1. The summed E-state index contributed by atoms with van der Waals surface area (Å²) in [6, 6.07) is 8.52. The van der Waals surface area contributed by atoms with Gasteiger partial charge in [0.05, 0.1) is 18.3 Å². The summed E-state index contributed by atoms with van der Waals surface area (Å²) >= 11 is 0. The minimum absolute atomic E-state index is 0.177. The predicted molar refractivity (Wildman–Crippen MR) is 65.9 cm³/mol. The molecule has 0 radical (unpaired) electrons. The van der Waals surface area contributed by atoms with Gasteiger partial charge in [0.1, 0.15) is 0 Å². The molecule has 2 aliphatic heterocycles. The number of hydrogen-bond acceptors (Lipinski definition) is 3. The lowest BCUT2D eigenvalue weighted by molar-refractivity contribution is -0.104. The third kappa shape index (κ3) is 2.23. The van der Waals surface area contributed by atoms with Crippen LogP contribution >= 0.6 is 0 Å². The minimum atomic E-state index is -0.492. The van der Waals surface area contributed by atoms with E-state index in [1.807, 2.05) is 6.92 Å². The minimum Gasteiger partial charge on any atom is -0.388 e. The van der Waals surface area contributed by atoms with E-state index < -0.39 is 5.60 Å². The van der Waals surface area contributed by atoms with Crippen LogP contribution in [-0.4, -0.2) is 41.8 Å². The van der Waals surface area contributed by atoms with Crippen molar-refractivity contribution >= 4 is 0 Å². The van der Waals surface area contributed by atoms with Crippen molar-refractivity contribution in [2.45, 2.75) is 25.0 Å². The van der Waals surface area contributed by atoms with Gasteiger partial charge < -0.3 is 9.84 Å². The number of β-amino-alcohol motifs (C(OH)–C–C–N with tert-alkyl or cyclic N) is 1. The first-order valence-electron chi connectivity index (χ1n) is 6.28. The fourth-order valence-corrected chi connectivity index (χ4v) is 2.91. The van der Waals surface area contributed by atoms with Crippen molar-refractivity contribution in [1.82, 2.24) is 4.90 Å². The zero-order valence-electron chi connectivity index (χ0n) is 10.2. The molecule has 0 aliphatic carbocycles. The Morgan fingerprint density at radius 3 is 2.94 bits per heavy atom. The molecule has 2 heterocycles. The lowest BCUT2D eigenvalue weighted by Crippen LogP contribution is -2.60. The maximum Gasteiger partial charge on any atom is 0.0954 e. The first-order valence-corrected chi connectivity index (χ1v) is 6.28. The fourth-order valence-electron chi connectivity index (χ4n) is 2.91. The van der Waals surface area contributed by atoms with E-state index in [-0.39, 0.29) is 6.10 Å². The molecular formula is C14H19NO2. The zero-order chi connectivity index (χ0) is 11.9. The molecule has 0 bridgehead atoms. The smallest absolute Gasteiger partial charge is 0.0954 e. The van der Waals surface area contributed by atoms with Gasteiger partial charge in [-0.2, -0.15) is 0 Å². The summed E-state index contributed by atoms with van der Waals surface area (Å²) < 4.78 is 5.86. The van der Waals surface area contributed by atoms with Gasteiger partial charge in [-0.05, 0) is 24.5 Å². The van der Waals surface area contributed by atoms with Crippen LogP contribution in [0.15, 0.2) is 24.3 Å². The Kier molecular flexibility index (Phi) is 2.69. The summed E-state index contributed by atoms with van der Waals surface area (Å²) in [5.41, 5.74) is 2.25. The highest BCUT2D eigenvalue weighted by molar-refractivity contribution is 5.31. The third-order valence-corrected chi connectivity index (χ3v) is 3.64. The van der Waals surface area contributed by atoms with Crippen LogP contribution in [0.1, 0.15) is 24.2 Å². The van der Waals surface area contributed by atoms with Gasteiger partial charge in [-0.15, -0.1) is 0 Å². The second-order valence-corrected chi connectivity index (χ2v) is 5.47. The van der Waals surface area contributed by atoms with E-state index in [9.17, 15) is 5.11 Å². The summed E-state index contributed by atoms with van der Waals surface area (Å²) in [5, 5.41) is 9.73. The summed E-state index contributed by atoms with van der Waals surface area (Å²) in [6.07, 6.45) is 1.20. The molecule has 1 aromatic rings. The van der Waals surface area contributed by atoms with Crippen molar-refractivity contribution in [2.75, 3.05) is 26.2 Å². The number of benzene rings is 1. The SMILES string of the molecule is CC1(O)CN(CC2OCCc3ccccc32)C1. The summed E-state index contributed by atoms with van der Waals surface area (Å²) in [5.74, 6) is 0. The Bertz CT molecular complexity index is 408. The first-order chi connectivity index (χ1) is 8.14. The van der Waals surface area contributed by atoms with Crippen molar-refractivity contribution in [3.63, 3.8) is 0 Å². The maximum absolute atomic E-state index is 9.73. The van der Waals surface area contributed by atoms with Gasteiger partial charge >= 0.3 is 0 Å². The monoisotopic (exact) mass is 233 g/mol. The van der Waals surface area contributed by atoms with E-state index in [4.69, 9.17) is 4.74 Å². The number of likely N-dealkylation sites (tertiary alicyclic amines) is 1. The van der Waals surface area contributed by atoms with Gasteiger partial charge in [0, 0.05) is 19.6 Å². The lowest BCUT2D eigenvalue weighted by atomic mass is 9.93. The molecule has 0 aromatic heterocycles. The molecule has 3 nitrogen and oxygen atoms in total. The quantitative estimate of drug-likeness (QED) is 0.837. The molecule has 92 valence electrons. The molecule has 1 atom stereocenters. The second kappa shape index (κ2) is 4.09. The summed E-state index contributed by atoms with van der Waals surface area (Å²) in [6.45, 7) is 5.11. The van der Waals surface area contributed by atoms with Gasteiger partial charge in [-0.25, -0.2) is 0 Å². The highest BCUT2D eigenvalue weighted by Crippen LogP contribution is 2.30. The Morgan fingerprint density at radius 2 is 2.18 bits per heavy atom. The molecule has 1 N–H and O–H groups in total. The van der Waals surface area contributed by atoms with Crippen molar-refractivity contribution in [2.24, 2.45) is 0 Å². The Hall–Kier alpha value is -0.900. The van der Waals surface area contributed by atoms with Crippen LogP contribution in [0.2, 0.25) is 0 Å². The van der Waals surface area contributed by atoms with Gasteiger partial charge in [-0.3, -0.25) is 4.90 Å². The normalized spacial score (nSPS) is 27.3. The van der Waals surface area contributed by atoms with Crippen LogP contribution in [0.3, 0.4) is 0 Å². The molecule has 2 aliphatic rings. The molecule has 1 unspecified atom stereocenters. The molecule has 1 aromatic carbocycles. The van der Waals surface area contributed by atoms with Crippen molar-refractivity contribution in [3.05, 3.63) is 35.4 Å². The number of fused-ring (bicyclic) bond motifs is 1. The van der Waals surface area contributed by atoms with Crippen LogP contribution in [0, 0.1) is 0 Å². The summed E-state index contributed by atoms with van der Waals surface area (Å²) in [7, 11) is 0. The standard InChI is InChI=1S/C14H19NO2/c1-14(16)9-15(10-14)8-13-12-5-3-2-4-11(12)6-7-17-13/h2-5,13,16H,6-10H2,1H3. The highest BCUT2D eigenvalue weighted by atomic mass is 16.5. The zero-order valence-corrected chi connectivity index (χ0v) is 10.2. The van der Waals surface area contributed by atoms with E-state index in [2.05, 4.69) is 29.2 Å². The average molecular weight is 233 g/mol. The first kappa shape index (κ1) is 11.2. The van der Waals surface area contributed by atoms with Crippen LogP contribution in [0.4, 0.5) is 0 Å². The van der Waals surface area contributed by atoms with Gasteiger partial charge in [0.15, 0.2) is 0 Å². The van der Waals surface area contributed by atoms with E-state index in [1.54, 1.807) is 0 Å². The van der Waals surface area contributed by atoms with Gasteiger partial charge in [0.25, 0.3) is 0 Å². The van der Waals surface area contributed by atoms with Crippen molar-refractivity contribution in [1.29, 1.82) is 0 Å². The second-order valence-electron chi connectivity index (χ2n) is 5.47. The summed E-state index contributed by atoms with van der Waals surface area (Å²) in [4.78, 5) is 2.26. The van der Waals surface area contributed by atoms with E-state index >= 15 is 0 Å². The molecule has 3 rings (SSSR count). The van der Waals surface area contributed by atoms with Crippen LogP contribution in [0.25, 0.3) is 0 Å². The number of nitrogens with zero attached hydrogens (tertiary/aromatic N) is 1. The average Bonchev–Trinajstić information content (AvgIpc) is 2.27. The maximum atomic E-state index is 9.73. The Morgan fingerprint density at radius 1 is 1.41 bits per heavy atom. The number of hydrogen-bond donors (Lipinski definition) is 1. The van der Waals surface area contributed by atoms with Gasteiger partial charge in [0.2, 0.25) is 0 Å². The molecule has 3 heteroatoms. The largest absolute Gasteiger partial charge is 0.388 e. The molecule has 1 fully saturated rings. The predicted octanol–water partition coefficient (Wildman–Crippen LogP) is 1.37. The van der Waals surface area contributed by atoms with E-state index in [0.717, 1.165) is 32.7 Å². The molecule has 0 amide bonds. The third-order valence-electron chi connectivity index (χ3n) is 3.64. The molecule has 0 spiro atoms. The Labute approximate surface area is 102 Å². The number of rotatable bonds is 2. The molecule has 0 saturated carbocycles. The molecular weight excluding hydrogens is 214 g/mol. The molecule has 17 heavy (non-hydrogen) atoms. The highest BCUT2D eigenvalue weighted by Gasteiger charge is 2.38. The van der Waals surface area contributed by atoms with Crippen molar-refractivity contribution < 1.29 is 9.84 Å². The van der Waals surface area contributed by atoms with Crippen LogP contribution < -0.4 is 0 Å². The van der Waals surface area contributed by atoms with E-state index in [1.165, 1.54) is 11.1 Å². The van der Waals surface area contributed by atoms with Crippen LogP contribution in [-0.2, 0) is 11.2 Å². The molecule has 1 saturated heterocycles. The van der Waals surface area contributed by atoms with Gasteiger partial charge in [-0.1, -0.05) is 24.3 Å². The van der Waals surface area contributed by atoms with Crippen LogP contribution in [0.5, 0.6) is 0 Å². The lowest BCUT2D eigenvalue weighted by Gasteiger charge is -2.46. The number of aliphatic hydroxyl groups is 1. The fraction of sp³-hybridized carbons (Fsp3) is 0.571. The topological polar surface area (TPSA) is 32.7 Å².